The van der Waals surface area contributed by atoms with Gasteiger partial charge in [-0.25, -0.2) is 0 Å². The average Bonchev–Trinajstić information content (AvgIpc) is 3.18. The summed E-state index contributed by atoms with van der Waals surface area (Å²) in [6.45, 7) is 6.83. The molecule has 1 saturated carbocycles. The molecule has 112 valence electrons. The standard InChI is InChI=1S/C15H22BrN3.HI/c1-3-17-14(18-4-2)19-11-15(9-10-15)12-7-5-6-8-13(12)16;/h5-8H,3-4,9-11H2,1-2H3,(H2,17,18,19);1H. The van der Waals surface area contributed by atoms with Crippen LogP contribution in [0.25, 0.3) is 0 Å². The Bertz CT molecular complexity index is 450. The molecule has 0 bridgehead atoms. The van der Waals surface area contributed by atoms with E-state index < -0.39 is 0 Å². The first-order chi connectivity index (χ1) is 9.22. The highest BCUT2D eigenvalue weighted by molar-refractivity contribution is 14.0. The lowest BCUT2D eigenvalue weighted by molar-refractivity contribution is 0.691. The molecule has 0 aliphatic heterocycles. The summed E-state index contributed by atoms with van der Waals surface area (Å²) in [5, 5.41) is 6.55. The molecule has 0 heterocycles. The van der Waals surface area contributed by atoms with Gasteiger partial charge in [0, 0.05) is 23.0 Å². The number of nitrogens with one attached hydrogen (secondary N) is 2. The van der Waals surface area contributed by atoms with Crippen molar-refractivity contribution >= 4 is 45.9 Å². The Morgan fingerprint density at radius 3 is 2.30 bits per heavy atom. The van der Waals surface area contributed by atoms with Crippen LogP contribution in [0.15, 0.2) is 33.7 Å². The summed E-state index contributed by atoms with van der Waals surface area (Å²) in [7, 11) is 0. The van der Waals surface area contributed by atoms with Crippen LogP contribution in [-0.4, -0.2) is 25.6 Å². The van der Waals surface area contributed by atoms with E-state index >= 15 is 0 Å². The maximum Gasteiger partial charge on any atom is 0.191 e. The van der Waals surface area contributed by atoms with Crippen LogP contribution in [0.1, 0.15) is 32.3 Å². The van der Waals surface area contributed by atoms with Crippen molar-refractivity contribution in [2.75, 3.05) is 19.6 Å². The zero-order valence-corrected chi connectivity index (χ0v) is 16.0. The van der Waals surface area contributed by atoms with Crippen molar-refractivity contribution in [2.24, 2.45) is 4.99 Å². The molecule has 0 unspecified atom stereocenters. The third kappa shape index (κ3) is 4.35. The maximum absolute atomic E-state index is 4.73. The molecule has 2 N–H and O–H groups in total. The smallest absolute Gasteiger partial charge is 0.191 e. The van der Waals surface area contributed by atoms with Gasteiger partial charge in [0.15, 0.2) is 5.96 Å². The summed E-state index contributed by atoms with van der Waals surface area (Å²) in [6, 6.07) is 8.51. The number of halogens is 2. The van der Waals surface area contributed by atoms with Gasteiger partial charge in [0.2, 0.25) is 0 Å². The Kier molecular flexibility index (Phi) is 7.29. The van der Waals surface area contributed by atoms with Crippen molar-refractivity contribution in [3.8, 4) is 0 Å². The number of benzene rings is 1. The molecule has 0 saturated heterocycles. The van der Waals surface area contributed by atoms with Crippen LogP contribution in [0, 0.1) is 0 Å². The zero-order chi connectivity index (χ0) is 13.7. The summed E-state index contributed by atoms with van der Waals surface area (Å²) in [5.41, 5.74) is 1.64. The molecular weight excluding hydrogens is 429 g/mol. The zero-order valence-electron chi connectivity index (χ0n) is 12.1. The van der Waals surface area contributed by atoms with Gasteiger partial charge in [0.25, 0.3) is 0 Å². The fraction of sp³-hybridized carbons (Fsp3) is 0.533. The molecule has 20 heavy (non-hydrogen) atoms. The Morgan fingerprint density at radius 1 is 1.20 bits per heavy atom. The van der Waals surface area contributed by atoms with Gasteiger partial charge in [-0.2, -0.15) is 0 Å². The second kappa shape index (κ2) is 8.22. The summed E-state index contributed by atoms with van der Waals surface area (Å²) >= 11 is 3.66. The molecule has 0 spiro atoms. The molecule has 0 atom stereocenters. The third-order valence-corrected chi connectivity index (χ3v) is 4.22. The minimum atomic E-state index is 0. The first kappa shape index (κ1) is 17.8. The summed E-state index contributed by atoms with van der Waals surface area (Å²) in [4.78, 5) is 4.73. The number of nitrogens with zero attached hydrogens (tertiary/aromatic N) is 1. The van der Waals surface area contributed by atoms with Crippen molar-refractivity contribution in [1.29, 1.82) is 0 Å². The predicted octanol–water partition coefficient (Wildman–Crippen LogP) is 3.67. The van der Waals surface area contributed by atoms with Crippen molar-refractivity contribution < 1.29 is 0 Å². The third-order valence-electron chi connectivity index (χ3n) is 3.53. The van der Waals surface area contributed by atoms with Gasteiger partial charge in [-0.15, -0.1) is 24.0 Å². The van der Waals surface area contributed by atoms with Crippen LogP contribution >= 0.6 is 39.9 Å². The van der Waals surface area contributed by atoms with E-state index in [0.29, 0.717) is 0 Å². The number of rotatable bonds is 5. The highest BCUT2D eigenvalue weighted by Crippen LogP contribution is 2.50. The van der Waals surface area contributed by atoms with Crippen LogP contribution in [-0.2, 0) is 5.41 Å². The van der Waals surface area contributed by atoms with Crippen LogP contribution < -0.4 is 10.6 Å². The monoisotopic (exact) mass is 451 g/mol. The molecule has 5 heteroatoms. The molecule has 1 aromatic carbocycles. The molecule has 0 aromatic heterocycles. The van der Waals surface area contributed by atoms with Gasteiger partial charge in [-0.1, -0.05) is 34.1 Å². The second-order valence-corrected chi connectivity index (χ2v) is 5.84. The quantitative estimate of drug-likeness (QED) is 0.407. The normalized spacial score (nSPS) is 14.9. The Morgan fingerprint density at radius 2 is 1.80 bits per heavy atom. The SMILES string of the molecule is CCNC(=NCC1(c2ccccc2Br)CC1)NCC.I. The predicted molar refractivity (Wildman–Crippen MR) is 100 cm³/mol. The van der Waals surface area contributed by atoms with Crippen LogP contribution in [0.2, 0.25) is 0 Å². The van der Waals surface area contributed by atoms with E-state index in [1.807, 2.05) is 0 Å². The van der Waals surface area contributed by atoms with Crippen LogP contribution in [0.3, 0.4) is 0 Å². The molecule has 3 nitrogen and oxygen atoms in total. The van der Waals surface area contributed by atoms with E-state index in [1.165, 1.54) is 22.9 Å². The average molecular weight is 452 g/mol. The largest absolute Gasteiger partial charge is 0.357 e. The number of aliphatic imine (C=N–C) groups is 1. The lowest BCUT2D eigenvalue weighted by Gasteiger charge is -2.16. The summed E-state index contributed by atoms with van der Waals surface area (Å²) in [6.07, 6.45) is 2.45. The second-order valence-electron chi connectivity index (χ2n) is 4.99. The molecule has 1 fully saturated rings. The first-order valence-corrected chi connectivity index (χ1v) is 7.78. The van der Waals surface area contributed by atoms with E-state index in [0.717, 1.165) is 25.6 Å². The highest BCUT2D eigenvalue weighted by atomic mass is 127. The minimum absolute atomic E-state index is 0. The van der Waals surface area contributed by atoms with Crippen LogP contribution in [0.4, 0.5) is 0 Å². The van der Waals surface area contributed by atoms with Gasteiger partial charge in [0.1, 0.15) is 0 Å². The minimum Gasteiger partial charge on any atom is -0.357 e. The van der Waals surface area contributed by atoms with Gasteiger partial charge in [-0.3, -0.25) is 4.99 Å². The van der Waals surface area contributed by atoms with Gasteiger partial charge in [-0.05, 0) is 38.3 Å². The first-order valence-electron chi connectivity index (χ1n) is 6.99. The lowest BCUT2D eigenvalue weighted by Crippen LogP contribution is -2.37. The molecule has 2 rings (SSSR count). The number of hydrogen-bond donors (Lipinski definition) is 2. The van der Waals surface area contributed by atoms with E-state index in [-0.39, 0.29) is 29.4 Å². The molecule has 0 amide bonds. The highest BCUT2D eigenvalue weighted by Gasteiger charge is 2.45. The topological polar surface area (TPSA) is 36.4 Å². The van der Waals surface area contributed by atoms with E-state index in [2.05, 4.69) is 64.7 Å². The lowest BCUT2D eigenvalue weighted by atomic mass is 9.96. The Balaban J connectivity index is 0.00000200. The van der Waals surface area contributed by atoms with Gasteiger partial charge >= 0.3 is 0 Å². The van der Waals surface area contributed by atoms with E-state index in [9.17, 15) is 0 Å². The molecule has 0 radical (unpaired) electrons. The van der Waals surface area contributed by atoms with Gasteiger partial charge < -0.3 is 10.6 Å². The van der Waals surface area contributed by atoms with Crippen LogP contribution in [0.5, 0.6) is 0 Å². The summed E-state index contributed by atoms with van der Waals surface area (Å²) in [5.74, 6) is 0.920. The van der Waals surface area contributed by atoms with Crippen molar-refractivity contribution in [3.05, 3.63) is 34.3 Å². The molecule has 1 aliphatic rings. The number of hydrogen-bond acceptors (Lipinski definition) is 1. The Labute approximate surface area is 147 Å². The molecule has 1 aromatic rings. The fourth-order valence-corrected chi connectivity index (χ4v) is 3.00. The fourth-order valence-electron chi connectivity index (χ4n) is 2.29. The maximum atomic E-state index is 4.73. The Hall–Kier alpha value is -0.300. The van der Waals surface area contributed by atoms with E-state index in [4.69, 9.17) is 4.99 Å². The molecular formula is C15H23BrIN3. The van der Waals surface area contributed by atoms with E-state index in [1.54, 1.807) is 0 Å². The van der Waals surface area contributed by atoms with Crippen molar-refractivity contribution in [3.63, 3.8) is 0 Å². The van der Waals surface area contributed by atoms with Crippen molar-refractivity contribution in [1.82, 2.24) is 10.6 Å². The summed E-state index contributed by atoms with van der Waals surface area (Å²) < 4.78 is 1.20. The number of guanidine groups is 1. The molecule has 1 aliphatic carbocycles. The van der Waals surface area contributed by atoms with Gasteiger partial charge in [0.05, 0.1) is 6.54 Å². The van der Waals surface area contributed by atoms with Crippen molar-refractivity contribution in [2.45, 2.75) is 32.1 Å².